The summed E-state index contributed by atoms with van der Waals surface area (Å²) in [7, 11) is -4.52. The topological polar surface area (TPSA) is 128 Å². The number of piperidine rings is 1. The van der Waals surface area contributed by atoms with Crippen molar-refractivity contribution in [2.75, 3.05) is 13.1 Å². The molecule has 236 valence electrons. The van der Waals surface area contributed by atoms with E-state index in [4.69, 9.17) is 4.74 Å². The van der Waals surface area contributed by atoms with E-state index in [0.29, 0.717) is 43.0 Å². The predicted molar refractivity (Wildman–Crippen MR) is 152 cm³/mol. The van der Waals surface area contributed by atoms with Crippen molar-refractivity contribution in [3.05, 3.63) is 64.5 Å². The van der Waals surface area contributed by atoms with Gasteiger partial charge in [-0.25, -0.2) is 8.42 Å². The number of rotatable bonds is 7. The van der Waals surface area contributed by atoms with Crippen LogP contribution in [0.2, 0.25) is 0 Å². The van der Waals surface area contributed by atoms with Crippen LogP contribution in [0.4, 0.5) is 13.2 Å². The highest BCUT2D eigenvalue weighted by Crippen LogP contribution is 2.67. The number of alkyl halides is 3. The van der Waals surface area contributed by atoms with Gasteiger partial charge in [-0.15, -0.1) is 0 Å². The minimum atomic E-state index is -4.65. The number of benzene rings is 2. The van der Waals surface area contributed by atoms with Gasteiger partial charge in [0, 0.05) is 24.2 Å². The van der Waals surface area contributed by atoms with Crippen LogP contribution in [0.15, 0.2) is 52.7 Å². The van der Waals surface area contributed by atoms with Crippen LogP contribution in [0, 0.1) is 11.8 Å². The number of ether oxygens (including phenoxy) is 1. The first-order valence-corrected chi connectivity index (χ1v) is 16.4. The number of phenols is 1. The van der Waals surface area contributed by atoms with Gasteiger partial charge in [-0.2, -0.15) is 13.2 Å². The Bertz CT molecular complexity index is 1690. The fourth-order valence-corrected chi connectivity index (χ4v) is 8.99. The first-order valence-electron chi connectivity index (χ1n) is 14.9. The number of aliphatic hydroxyl groups is 1. The van der Waals surface area contributed by atoms with E-state index in [9.17, 15) is 36.6 Å². The summed E-state index contributed by atoms with van der Waals surface area (Å²) >= 11 is 0. The maximum Gasteiger partial charge on any atom is 0.416 e. The monoisotopic (exact) mass is 633 g/mol. The number of nitrogens with zero attached hydrogens (tertiary/aromatic N) is 1. The van der Waals surface area contributed by atoms with Crippen molar-refractivity contribution in [1.82, 2.24) is 14.9 Å². The molecule has 2 fully saturated rings. The average Bonchev–Trinajstić information content (AvgIpc) is 3.68. The first-order chi connectivity index (χ1) is 20.7. The van der Waals surface area contributed by atoms with Crippen LogP contribution in [0.5, 0.6) is 11.5 Å². The minimum Gasteiger partial charge on any atom is -0.504 e. The van der Waals surface area contributed by atoms with Gasteiger partial charge in [0.2, 0.25) is 5.91 Å². The maximum atomic E-state index is 13.8. The molecule has 1 unspecified atom stereocenters. The number of halogens is 3. The normalized spacial score (nSPS) is 29.3. The Morgan fingerprint density at radius 2 is 1.86 bits per heavy atom. The van der Waals surface area contributed by atoms with Gasteiger partial charge in [-0.05, 0) is 94.3 Å². The van der Waals surface area contributed by atoms with E-state index in [1.807, 2.05) is 0 Å². The summed E-state index contributed by atoms with van der Waals surface area (Å²) in [5.41, 5.74) is -2.40. The summed E-state index contributed by atoms with van der Waals surface area (Å²) in [4.78, 5) is 15.6. The summed E-state index contributed by atoms with van der Waals surface area (Å²) < 4.78 is 75.9. The number of hydrogen-bond acceptors (Lipinski definition) is 7. The molecule has 2 heterocycles. The fraction of sp³-hybridized carbons (Fsp3) is 0.516. The lowest BCUT2D eigenvalue weighted by molar-refractivity contribution is -0.160. The van der Waals surface area contributed by atoms with Gasteiger partial charge in [-0.1, -0.05) is 6.07 Å². The van der Waals surface area contributed by atoms with Gasteiger partial charge < -0.3 is 20.3 Å². The van der Waals surface area contributed by atoms with E-state index in [-0.39, 0.29) is 41.5 Å². The number of carbonyl (C=O) groups excluding carboxylic acids is 1. The number of likely N-dealkylation sites (tertiary alicyclic amines) is 1. The first kappa shape index (κ1) is 29.4. The Hall–Kier alpha value is -3.29. The quantitative estimate of drug-likeness (QED) is 0.367. The van der Waals surface area contributed by atoms with Gasteiger partial charge in [0.05, 0.1) is 33.1 Å². The molecule has 5 aliphatic rings. The second-order valence-electron chi connectivity index (χ2n) is 13.1. The third-order valence-electron chi connectivity index (χ3n) is 9.94. The van der Waals surface area contributed by atoms with Crippen molar-refractivity contribution in [2.45, 2.75) is 80.1 Å². The molecule has 2 aromatic rings. The van der Waals surface area contributed by atoms with E-state index >= 15 is 0 Å². The van der Waals surface area contributed by atoms with Crippen LogP contribution in [0.25, 0.3) is 0 Å². The smallest absolute Gasteiger partial charge is 0.416 e. The molecule has 1 saturated carbocycles. The number of carbonyl (C=O) groups is 1. The lowest BCUT2D eigenvalue weighted by Crippen LogP contribution is -2.74. The number of nitrogens with one attached hydrogen (secondary N) is 2. The van der Waals surface area contributed by atoms with E-state index in [1.54, 1.807) is 19.9 Å². The predicted octanol–water partition coefficient (Wildman–Crippen LogP) is 3.55. The number of phenolic OH excluding ortho intramolecular Hbond substituents is 1. The van der Waals surface area contributed by atoms with Crippen molar-refractivity contribution in [1.29, 1.82) is 0 Å². The third kappa shape index (κ3) is 4.26. The fourth-order valence-electron chi connectivity index (χ4n) is 7.85. The highest BCUT2D eigenvalue weighted by molar-refractivity contribution is 7.89. The lowest BCUT2D eigenvalue weighted by Gasteiger charge is -2.62. The molecule has 2 bridgehead atoms. The zero-order valence-electron chi connectivity index (χ0n) is 24.2. The van der Waals surface area contributed by atoms with Gasteiger partial charge in [-0.3, -0.25) is 14.4 Å². The van der Waals surface area contributed by atoms with Crippen molar-refractivity contribution < 1.29 is 41.3 Å². The van der Waals surface area contributed by atoms with Crippen LogP contribution in [-0.4, -0.2) is 60.2 Å². The molecular weight excluding hydrogens is 599 g/mol. The van der Waals surface area contributed by atoms with E-state index in [2.05, 4.69) is 14.9 Å². The van der Waals surface area contributed by atoms with Crippen molar-refractivity contribution >= 4 is 15.9 Å². The minimum absolute atomic E-state index is 0.0548. The zero-order valence-corrected chi connectivity index (χ0v) is 25.1. The Labute approximate surface area is 253 Å². The second-order valence-corrected chi connectivity index (χ2v) is 14.8. The maximum absolute atomic E-state index is 13.8. The van der Waals surface area contributed by atoms with Crippen LogP contribution in [0.1, 0.15) is 56.2 Å². The van der Waals surface area contributed by atoms with Gasteiger partial charge in [0.1, 0.15) is 5.76 Å². The van der Waals surface area contributed by atoms with E-state index in [0.717, 1.165) is 37.1 Å². The SMILES string of the molecule is CC(C)NC(=O)C1C[C@@]2(O)[C@H]3Cc4ccc(O)c5c4[C@@]2(CCN3CC2CC2)C(=C1NS(=O)(=O)c1ccc(C(F)(F)F)cc1)O5. The van der Waals surface area contributed by atoms with Crippen molar-refractivity contribution in [3.63, 3.8) is 0 Å². The van der Waals surface area contributed by atoms with Crippen LogP contribution >= 0.6 is 0 Å². The van der Waals surface area contributed by atoms with E-state index in [1.165, 1.54) is 6.07 Å². The lowest BCUT2D eigenvalue weighted by atomic mass is 9.49. The average molecular weight is 634 g/mol. The molecule has 1 amide bonds. The Balaban J connectivity index is 1.40. The molecule has 2 aliphatic heterocycles. The number of amides is 1. The van der Waals surface area contributed by atoms with Gasteiger partial charge in [0.15, 0.2) is 11.5 Å². The highest BCUT2D eigenvalue weighted by Gasteiger charge is 2.72. The van der Waals surface area contributed by atoms with Gasteiger partial charge >= 0.3 is 6.18 Å². The van der Waals surface area contributed by atoms with E-state index < -0.39 is 49.5 Å². The van der Waals surface area contributed by atoms with Crippen LogP contribution in [-0.2, 0) is 32.8 Å². The Morgan fingerprint density at radius 1 is 1.16 bits per heavy atom. The zero-order chi connectivity index (χ0) is 31.4. The molecule has 13 heteroatoms. The number of aromatic hydroxyl groups is 1. The molecule has 4 N–H and O–H groups in total. The molecule has 44 heavy (non-hydrogen) atoms. The molecule has 9 nitrogen and oxygen atoms in total. The number of hydrogen-bond donors (Lipinski definition) is 4. The van der Waals surface area contributed by atoms with Crippen LogP contribution < -0.4 is 14.8 Å². The standard InChI is InChI=1S/C31H34F3N3O6S/c1-16(2)35-28(39)21-14-30(40)23-13-18-5-10-22(38)26-24(18)29(30,11-12-37(23)15-17-3-4-17)27(43-26)25(21)36-44(41,42)20-8-6-19(7-9-20)31(32,33)34/h5-10,16-17,21,23,36,38,40H,3-4,11-15H2,1-2H3,(H,35,39)/t21?,23-,29+,30-/m1/s1. The molecule has 2 aromatic carbocycles. The Morgan fingerprint density at radius 3 is 2.50 bits per heavy atom. The van der Waals surface area contributed by atoms with Crippen molar-refractivity contribution in [2.24, 2.45) is 11.8 Å². The van der Waals surface area contributed by atoms with Gasteiger partial charge in [0.25, 0.3) is 10.0 Å². The molecule has 0 aromatic heterocycles. The third-order valence-corrected chi connectivity index (χ3v) is 11.3. The summed E-state index contributed by atoms with van der Waals surface area (Å²) in [5.74, 6) is -1.18. The second kappa shape index (κ2) is 9.60. The summed E-state index contributed by atoms with van der Waals surface area (Å²) in [6.45, 7) is 4.91. The molecule has 1 spiro atoms. The molecule has 0 radical (unpaired) electrons. The summed E-state index contributed by atoms with van der Waals surface area (Å²) in [6.07, 6.45) is -1.72. The molecule has 3 aliphatic carbocycles. The molecule has 1 saturated heterocycles. The number of sulfonamides is 1. The van der Waals surface area contributed by atoms with Crippen LogP contribution in [0.3, 0.4) is 0 Å². The molecular formula is C31H34F3N3O6S. The summed E-state index contributed by atoms with van der Waals surface area (Å²) in [5, 5.41) is 26.6. The Kier molecular flexibility index (Phi) is 6.42. The molecule has 7 rings (SSSR count). The largest absolute Gasteiger partial charge is 0.504 e. The highest BCUT2D eigenvalue weighted by atomic mass is 32.2. The molecule has 4 atom stereocenters. The summed E-state index contributed by atoms with van der Waals surface area (Å²) in [6, 6.07) is 5.71. The van der Waals surface area contributed by atoms with Crippen molar-refractivity contribution in [3.8, 4) is 11.5 Å².